The molecule has 2 aromatic rings. The first-order chi connectivity index (χ1) is 10.3. The highest BCUT2D eigenvalue weighted by Crippen LogP contribution is 2.37. The molecule has 0 spiro atoms. The van der Waals surface area contributed by atoms with Crippen molar-refractivity contribution < 1.29 is 9.50 Å². The van der Waals surface area contributed by atoms with Crippen LogP contribution in [-0.2, 0) is 0 Å². The van der Waals surface area contributed by atoms with Gasteiger partial charge in [-0.3, -0.25) is 0 Å². The van der Waals surface area contributed by atoms with Gasteiger partial charge < -0.3 is 10.4 Å². The van der Waals surface area contributed by atoms with Gasteiger partial charge in [-0.15, -0.1) is 11.8 Å². The quantitative estimate of drug-likeness (QED) is 0.903. The Bertz CT molecular complexity index is 605. The Hall–Kier alpha value is -1.36. The van der Waals surface area contributed by atoms with Crippen LogP contribution in [0.3, 0.4) is 0 Å². The first-order valence-corrected chi connectivity index (χ1v) is 8.10. The highest BCUT2D eigenvalue weighted by Gasteiger charge is 2.24. The number of fused-ring (bicyclic) bond motifs is 1. The molecule has 0 bridgehead atoms. The highest BCUT2D eigenvalue weighted by molar-refractivity contribution is 7.99. The topological polar surface area (TPSA) is 32.3 Å². The number of aliphatic hydroxyl groups is 1. The minimum Gasteiger partial charge on any atom is -0.394 e. The van der Waals surface area contributed by atoms with Gasteiger partial charge >= 0.3 is 0 Å². The lowest BCUT2D eigenvalue weighted by molar-refractivity contribution is 0.231. The fraction of sp³-hybridized carbons (Fsp3) is 0.294. The second-order valence-corrected chi connectivity index (χ2v) is 6.32. The summed E-state index contributed by atoms with van der Waals surface area (Å²) in [6, 6.07) is 14.8. The zero-order valence-corrected chi connectivity index (χ0v) is 12.4. The summed E-state index contributed by atoms with van der Waals surface area (Å²) in [7, 11) is 0. The molecule has 1 aliphatic rings. The molecule has 0 radical (unpaired) electrons. The number of hydrogen-bond donors (Lipinski definition) is 2. The van der Waals surface area contributed by atoms with E-state index in [1.807, 2.05) is 36.4 Å². The largest absolute Gasteiger partial charge is 0.394 e. The van der Waals surface area contributed by atoms with Crippen LogP contribution in [0, 0.1) is 5.82 Å². The van der Waals surface area contributed by atoms with Gasteiger partial charge in [-0.1, -0.05) is 30.3 Å². The number of benzene rings is 2. The van der Waals surface area contributed by atoms with Crippen molar-refractivity contribution in [2.45, 2.75) is 23.4 Å². The predicted octanol–water partition coefficient (Wildman–Crippen LogP) is 3.69. The molecule has 0 saturated carbocycles. The third-order valence-corrected chi connectivity index (χ3v) is 4.92. The van der Waals surface area contributed by atoms with Crippen LogP contribution in [0.25, 0.3) is 0 Å². The summed E-state index contributed by atoms with van der Waals surface area (Å²) in [5.41, 5.74) is 2.05. The van der Waals surface area contributed by atoms with E-state index in [1.165, 1.54) is 6.07 Å². The van der Waals surface area contributed by atoms with Crippen LogP contribution in [0.4, 0.5) is 4.39 Å². The van der Waals surface area contributed by atoms with Crippen molar-refractivity contribution in [3.05, 3.63) is 65.5 Å². The van der Waals surface area contributed by atoms with E-state index in [2.05, 4.69) is 5.32 Å². The smallest absolute Gasteiger partial charge is 0.123 e. The zero-order valence-electron chi connectivity index (χ0n) is 11.6. The predicted molar refractivity (Wildman–Crippen MR) is 83.9 cm³/mol. The van der Waals surface area contributed by atoms with Crippen LogP contribution in [-0.4, -0.2) is 17.5 Å². The molecule has 2 atom stereocenters. The fourth-order valence-electron chi connectivity index (χ4n) is 2.72. The van der Waals surface area contributed by atoms with E-state index in [1.54, 1.807) is 17.8 Å². The van der Waals surface area contributed by atoms with Crippen LogP contribution in [0.5, 0.6) is 0 Å². The van der Waals surface area contributed by atoms with Gasteiger partial charge in [-0.2, -0.15) is 0 Å². The van der Waals surface area contributed by atoms with Crippen molar-refractivity contribution in [3.8, 4) is 0 Å². The van der Waals surface area contributed by atoms with Crippen LogP contribution in [0.15, 0.2) is 53.4 Å². The molecule has 21 heavy (non-hydrogen) atoms. The van der Waals surface area contributed by atoms with Gasteiger partial charge in [0.15, 0.2) is 0 Å². The third-order valence-electron chi connectivity index (χ3n) is 3.80. The standard InChI is InChI=1S/C17H18FNOS/c18-13-6-7-17-14(10-13)15(8-9-21-17)19-16(11-20)12-4-2-1-3-5-12/h1-7,10,15-16,19-20H,8-9,11H2. The van der Waals surface area contributed by atoms with Gasteiger partial charge in [0.2, 0.25) is 0 Å². The van der Waals surface area contributed by atoms with E-state index >= 15 is 0 Å². The van der Waals surface area contributed by atoms with Gasteiger partial charge in [0, 0.05) is 10.9 Å². The Morgan fingerprint density at radius 3 is 2.81 bits per heavy atom. The number of halogens is 1. The summed E-state index contributed by atoms with van der Waals surface area (Å²) in [6.07, 6.45) is 0.935. The minimum absolute atomic E-state index is 0.0261. The van der Waals surface area contributed by atoms with Gasteiger partial charge in [0.1, 0.15) is 5.82 Å². The molecule has 1 heterocycles. The average Bonchev–Trinajstić information content (AvgIpc) is 2.53. The van der Waals surface area contributed by atoms with Gasteiger partial charge in [0.25, 0.3) is 0 Å². The van der Waals surface area contributed by atoms with E-state index in [-0.39, 0.29) is 24.5 Å². The van der Waals surface area contributed by atoms with E-state index in [0.717, 1.165) is 28.2 Å². The molecule has 0 saturated heterocycles. The van der Waals surface area contributed by atoms with E-state index < -0.39 is 0 Å². The Labute approximate surface area is 128 Å². The Kier molecular flexibility index (Phi) is 4.58. The molecule has 2 nitrogen and oxygen atoms in total. The summed E-state index contributed by atoms with van der Waals surface area (Å²) in [4.78, 5) is 1.13. The van der Waals surface area contributed by atoms with Crippen molar-refractivity contribution in [1.82, 2.24) is 5.32 Å². The molecule has 3 rings (SSSR count). The number of aliphatic hydroxyl groups excluding tert-OH is 1. The molecule has 0 aromatic heterocycles. The lowest BCUT2D eigenvalue weighted by atomic mass is 10.00. The van der Waals surface area contributed by atoms with Gasteiger partial charge in [-0.05, 0) is 41.5 Å². The Balaban J connectivity index is 1.84. The maximum atomic E-state index is 13.5. The number of thioether (sulfide) groups is 1. The Morgan fingerprint density at radius 2 is 2.05 bits per heavy atom. The van der Waals surface area contributed by atoms with Crippen molar-refractivity contribution in [1.29, 1.82) is 0 Å². The molecule has 0 fully saturated rings. The highest BCUT2D eigenvalue weighted by atomic mass is 32.2. The lowest BCUT2D eigenvalue weighted by Gasteiger charge is -2.30. The lowest BCUT2D eigenvalue weighted by Crippen LogP contribution is -2.31. The Morgan fingerprint density at radius 1 is 1.24 bits per heavy atom. The summed E-state index contributed by atoms with van der Waals surface area (Å²) in [5, 5.41) is 13.1. The third kappa shape index (κ3) is 3.28. The van der Waals surface area contributed by atoms with E-state index in [4.69, 9.17) is 0 Å². The van der Waals surface area contributed by atoms with Crippen LogP contribution >= 0.6 is 11.8 Å². The first kappa shape index (κ1) is 14.6. The second kappa shape index (κ2) is 6.60. The van der Waals surface area contributed by atoms with Crippen molar-refractivity contribution >= 4 is 11.8 Å². The number of hydrogen-bond acceptors (Lipinski definition) is 3. The molecule has 0 aliphatic carbocycles. The second-order valence-electron chi connectivity index (χ2n) is 5.18. The summed E-state index contributed by atoms with van der Waals surface area (Å²) >= 11 is 1.76. The molecule has 4 heteroatoms. The van der Waals surface area contributed by atoms with E-state index in [0.29, 0.717) is 0 Å². The van der Waals surface area contributed by atoms with Crippen LogP contribution < -0.4 is 5.32 Å². The fourth-order valence-corrected chi connectivity index (χ4v) is 3.83. The zero-order chi connectivity index (χ0) is 14.7. The van der Waals surface area contributed by atoms with E-state index in [9.17, 15) is 9.50 Å². The number of rotatable bonds is 4. The van der Waals surface area contributed by atoms with Gasteiger partial charge in [-0.25, -0.2) is 4.39 Å². The van der Waals surface area contributed by atoms with Crippen molar-refractivity contribution in [3.63, 3.8) is 0 Å². The molecular formula is C17H18FNOS. The molecule has 2 N–H and O–H groups in total. The molecule has 110 valence electrons. The molecule has 1 aliphatic heterocycles. The summed E-state index contributed by atoms with van der Waals surface area (Å²) in [6.45, 7) is 0.0261. The normalized spacial score (nSPS) is 19.0. The summed E-state index contributed by atoms with van der Waals surface area (Å²) in [5.74, 6) is 0.798. The number of nitrogens with one attached hydrogen (secondary N) is 1. The first-order valence-electron chi connectivity index (χ1n) is 7.12. The summed E-state index contributed by atoms with van der Waals surface area (Å²) < 4.78 is 13.5. The monoisotopic (exact) mass is 303 g/mol. The molecular weight excluding hydrogens is 285 g/mol. The van der Waals surface area contributed by atoms with Crippen LogP contribution in [0.1, 0.15) is 29.6 Å². The van der Waals surface area contributed by atoms with Gasteiger partial charge in [0.05, 0.1) is 12.6 Å². The molecule has 0 amide bonds. The molecule has 2 unspecified atom stereocenters. The van der Waals surface area contributed by atoms with Crippen LogP contribution in [0.2, 0.25) is 0 Å². The average molecular weight is 303 g/mol. The van der Waals surface area contributed by atoms with Crippen molar-refractivity contribution in [2.24, 2.45) is 0 Å². The van der Waals surface area contributed by atoms with Crippen molar-refractivity contribution in [2.75, 3.05) is 12.4 Å². The minimum atomic E-state index is -0.205. The molecule has 2 aromatic carbocycles. The maximum Gasteiger partial charge on any atom is 0.123 e. The maximum absolute atomic E-state index is 13.5. The SMILES string of the molecule is OCC(NC1CCSc2ccc(F)cc21)c1ccccc1.